The van der Waals surface area contributed by atoms with Gasteiger partial charge in [-0.1, -0.05) is 39.0 Å². The molecule has 0 fully saturated rings. The van der Waals surface area contributed by atoms with E-state index in [-0.39, 0.29) is 11.3 Å². The molecular weight excluding hydrogens is 234 g/mol. The van der Waals surface area contributed by atoms with Crippen LogP contribution in [0.4, 0.5) is 0 Å². The predicted octanol–water partition coefficient (Wildman–Crippen LogP) is 3.55. The molecule has 1 aliphatic carbocycles. The van der Waals surface area contributed by atoms with Gasteiger partial charge in [0.1, 0.15) is 0 Å². The zero-order valence-corrected chi connectivity index (χ0v) is 12.0. The van der Waals surface area contributed by atoms with Crippen molar-refractivity contribution in [3.05, 3.63) is 40.6 Å². The Hall–Kier alpha value is -1.57. The quantitative estimate of drug-likeness (QED) is 0.754. The lowest BCUT2D eigenvalue weighted by atomic mass is 9.80. The number of fused-ring (bicyclic) bond motifs is 2. The van der Waals surface area contributed by atoms with Gasteiger partial charge in [-0.05, 0) is 46.9 Å². The van der Waals surface area contributed by atoms with Crippen molar-refractivity contribution >= 4 is 11.5 Å². The maximum atomic E-state index is 11.5. The molecule has 2 nitrogen and oxygen atoms in total. The second-order valence-electron chi connectivity index (χ2n) is 6.63. The van der Waals surface area contributed by atoms with Gasteiger partial charge < -0.3 is 5.32 Å². The van der Waals surface area contributed by atoms with Gasteiger partial charge in [0.2, 0.25) is 5.91 Å². The molecular formula is C17H21NO. The van der Waals surface area contributed by atoms with Gasteiger partial charge in [0.05, 0.1) is 0 Å². The molecule has 0 bridgehead atoms. The molecule has 19 heavy (non-hydrogen) atoms. The molecule has 3 rings (SSSR count). The van der Waals surface area contributed by atoms with Crippen molar-refractivity contribution in [3.63, 3.8) is 0 Å². The minimum atomic E-state index is 0.175. The van der Waals surface area contributed by atoms with Gasteiger partial charge in [-0.2, -0.15) is 0 Å². The van der Waals surface area contributed by atoms with E-state index in [1.54, 1.807) is 0 Å². The first-order valence-corrected chi connectivity index (χ1v) is 7.11. The lowest BCUT2D eigenvalue weighted by molar-refractivity contribution is -0.120. The van der Waals surface area contributed by atoms with Crippen LogP contribution in [0, 0.1) is 0 Å². The van der Waals surface area contributed by atoms with Crippen LogP contribution in [0.1, 0.15) is 56.7 Å². The van der Waals surface area contributed by atoms with Crippen LogP contribution in [0.3, 0.4) is 0 Å². The van der Waals surface area contributed by atoms with Crippen LogP contribution < -0.4 is 5.32 Å². The highest BCUT2D eigenvalue weighted by Crippen LogP contribution is 2.37. The highest BCUT2D eigenvalue weighted by molar-refractivity contribution is 5.87. The fourth-order valence-corrected chi connectivity index (χ4v) is 3.03. The summed E-state index contributed by atoms with van der Waals surface area (Å²) < 4.78 is 0. The summed E-state index contributed by atoms with van der Waals surface area (Å²) in [5.74, 6) is 0.175. The van der Waals surface area contributed by atoms with Crippen LogP contribution >= 0.6 is 0 Å². The average Bonchev–Trinajstić information content (AvgIpc) is 2.36. The second kappa shape index (κ2) is 4.22. The summed E-state index contributed by atoms with van der Waals surface area (Å²) in [6.07, 6.45) is 3.53. The van der Waals surface area contributed by atoms with E-state index in [0.29, 0.717) is 6.42 Å². The van der Waals surface area contributed by atoms with Gasteiger partial charge in [-0.25, -0.2) is 0 Å². The summed E-state index contributed by atoms with van der Waals surface area (Å²) in [4.78, 5) is 11.5. The fraction of sp³-hybridized carbons (Fsp3) is 0.471. The van der Waals surface area contributed by atoms with Crippen molar-refractivity contribution in [2.45, 2.75) is 51.9 Å². The van der Waals surface area contributed by atoms with Crippen LogP contribution in [0.15, 0.2) is 23.9 Å². The Morgan fingerprint density at radius 2 is 1.84 bits per heavy atom. The van der Waals surface area contributed by atoms with E-state index in [4.69, 9.17) is 0 Å². The zero-order valence-electron chi connectivity index (χ0n) is 12.0. The van der Waals surface area contributed by atoms with Crippen molar-refractivity contribution in [1.82, 2.24) is 5.32 Å². The van der Waals surface area contributed by atoms with Crippen LogP contribution in [0.25, 0.3) is 5.57 Å². The van der Waals surface area contributed by atoms with Crippen LogP contribution in [-0.4, -0.2) is 5.91 Å². The minimum Gasteiger partial charge on any atom is -0.329 e. The van der Waals surface area contributed by atoms with Gasteiger partial charge in [-0.15, -0.1) is 0 Å². The second-order valence-corrected chi connectivity index (χ2v) is 6.63. The summed E-state index contributed by atoms with van der Waals surface area (Å²) in [6.45, 7) is 6.76. The SMILES string of the molecule is CC(C)(C)c1ccc2c(c1)CCC1=C2CCC(=O)N1. The van der Waals surface area contributed by atoms with Gasteiger partial charge in [0.25, 0.3) is 0 Å². The van der Waals surface area contributed by atoms with Gasteiger partial charge in [0.15, 0.2) is 0 Å². The first kappa shape index (κ1) is 12.5. The zero-order chi connectivity index (χ0) is 13.6. The summed E-state index contributed by atoms with van der Waals surface area (Å²) in [5, 5.41) is 3.04. The van der Waals surface area contributed by atoms with Crippen molar-refractivity contribution < 1.29 is 4.79 Å². The van der Waals surface area contributed by atoms with Gasteiger partial charge in [-0.3, -0.25) is 4.79 Å². The van der Waals surface area contributed by atoms with Gasteiger partial charge >= 0.3 is 0 Å². The van der Waals surface area contributed by atoms with E-state index < -0.39 is 0 Å². The molecule has 1 aliphatic heterocycles. The Balaban J connectivity index is 2.04. The molecule has 0 atom stereocenters. The molecule has 100 valence electrons. The third kappa shape index (κ3) is 2.20. The number of carbonyl (C=O) groups excluding carboxylic acids is 1. The third-order valence-corrected chi connectivity index (χ3v) is 4.20. The maximum Gasteiger partial charge on any atom is 0.224 e. The van der Waals surface area contributed by atoms with Crippen LogP contribution in [-0.2, 0) is 16.6 Å². The molecule has 2 heteroatoms. The molecule has 0 unspecified atom stereocenters. The number of hydrogen-bond donors (Lipinski definition) is 1. The normalized spacial score (nSPS) is 18.8. The molecule has 1 aromatic carbocycles. The molecule has 0 aromatic heterocycles. The number of amides is 1. The predicted molar refractivity (Wildman–Crippen MR) is 77.8 cm³/mol. The topological polar surface area (TPSA) is 29.1 Å². The van der Waals surface area contributed by atoms with E-state index in [9.17, 15) is 4.79 Å². The lowest BCUT2D eigenvalue weighted by Crippen LogP contribution is -2.30. The number of carbonyl (C=O) groups is 1. The molecule has 1 amide bonds. The molecule has 0 saturated carbocycles. The summed E-state index contributed by atoms with van der Waals surface area (Å²) >= 11 is 0. The Morgan fingerprint density at radius 1 is 1.05 bits per heavy atom. The average molecular weight is 255 g/mol. The number of allylic oxidation sites excluding steroid dienone is 2. The Morgan fingerprint density at radius 3 is 2.58 bits per heavy atom. The molecule has 1 N–H and O–H groups in total. The van der Waals surface area contributed by atoms with E-state index in [2.05, 4.69) is 44.3 Å². The van der Waals surface area contributed by atoms with Crippen molar-refractivity contribution in [2.24, 2.45) is 0 Å². The lowest BCUT2D eigenvalue weighted by Gasteiger charge is -2.29. The summed E-state index contributed by atoms with van der Waals surface area (Å²) in [6, 6.07) is 6.85. The van der Waals surface area contributed by atoms with E-state index >= 15 is 0 Å². The fourth-order valence-electron chi connectivity index (χ4n) is 3.03. The van der Waals surface area contributed by atoms with Crippen molar-refractivity contribution in [3.8, 4) is 0 Å². The van der Waals surface area contributed by atoms with E-state index in [1.165, 1.54) is 22.3 Å². The standard InChI is InChI=1S/C17H21NO/c1-17(2,3)12-5-6-13-11(10-12)4-8-15-14(13)7-9-16(19)18-15/h5-6,10H,4,7-9H2,1-3H3,(H,18,19). The first-order chi connectivity index (χ1) is 8.95. The third-order valence-electron chi connectivity index (χ3n) is 4.20. The number of aryl methyl sites for hydroxylation is 1. The highest BCUT2D eigenvalue weighted by atomic mass is 16.1. The monoisotopic (exact) mass is 255 g/mol. The Labute approximate surface area is 114 Å². The number of benzene rings is 1. The number of nitrogens with one attached hydrogen (secondary N) is 1. The Kier molecular flexibility index (Phi) is 2.77. The van der Waals surface area contributed by atoms with Crippen molar-refractivity contribution in [1.29, 1.82) is 0 Å². The molecule has 1 heterocycles. The molecule has 0 spiro atoms. The Bertz CT molecular complexity index is 575. The first-order valence-electron chi connectivity index (χ1n) is 7.11. The number of rotatable bonds is 0. The molecule has 0 radical (unpaired) electrons. The van der Waals surface area contributed by atoms with Crippen molar-refractivity contribution in [2.75, 3.05) is 0 Å². The highest BCUT2D eigenvalue weighted by Gasteiger charge is 2.25. The maximum absolute atomic E-state index is 11.5. The molecule has 2 aliphatic rings. The smallest absolute Gasteiger partial charge is 0.224 e. The summed E-state index contributed by atoms with van der Waals surface area (Å²) in [7, 11) is 0. The number of hydrogen-bond acceptors (Lipinski definition) is 1. The van der Waals surface area contributed by atoms with Crippen LogP contribution in [0.2, 0.25) is 0 Å². The van der Waals surface area contributed by atoms with E-state index in [1.807, 2.05) is 0 Å². The van der Waals surface area contributed by atoms with E-state index in [0.717, 1.165) is 25.0 Å². The minimum absolute atomic E-state index is 0.175. The largest absolute Gasteiger partial charge is 0.329 e. The van der Waals surface area contributed by atoms with Gasteiger partial charge in [0, 0.05) is 12.1 Å². The van der Waals surface area contributed by atoms with Crippen LogP contribution in [0.5, 0.6) is 0 Å². The summed E-state index contributed by atoms with van der Waals surface area (Å²) in [5.41, 5.74) is 6.92. The molecule has 0 saturated heterocycles. The molecule has 1 aromatic rings.